The Morgan fingerprint density at radius 2 is 1.93 bits per heavy atom. The maximum Gasteiger partial charge on any atom is 0.417 e. The first-order valence-corrected chi connectivity index (χ1v) is 8.56. The summed E-state index contributed by atoms with van der Waals surface area (Å²) in [6.45, 7) is 4.25. The number of carbonyl (C=O) groups is 2. The highest BCUT2D eigenvalue weighted by atomic mass is 19.4. The number of likely N-dealkylation sites (tertiary alicyclic amines) is 1. The summed E-state index contributed by atoms with van der Waals surface area (Å²) in [5, 5.41) is 11.1. The highest BCUT2D eigenvalue weighted by Gasteiger charge is 2.33. The van der Waals surface area contributed by atoms with Crippen LogP contribution in [0.3, 0.4) is 0 Å². The minimum atomic E-state index is -4.45. The van der Waals surface area contributed by atoms with Crippen molar-refractivity contribution in [3.63, 3.8) is 0 Å². The number of alkyl halides is 3. The van der Waals surface area contributed by atoms with Gasteiger partial charge in [0, 0.05) is 38.2 Å². The first kappa shape index (κ1) is 20.8. The first-order valence-electron chi connectivity index (χ1n) is 8.56. The minimum Gasteiger partial charge on any atom is -0.474 e. The number of hydrogen-bond acceptors (Lipinski definition) is 4. The highest BCUT2D eigenvalue weighted by Crippen LogP contribution is 2.29. The predicted octanol–water partition coefficient (Wildman–Crippen LogP) is 2.76. The van der Waals surface area contributed by atoms with Crippen LogP contribution in [0.2, 0.25) is 0 Å². The van der Waals surface area contributed by atoms with Gasteiger partial charge in [0.15, 0.2) is 0 Å². The van der Waals surface area contributed by atoms with Crippen LogP contribution in [-0.2, 0) is 11.0 Å². The van der Waals surface area contributed by atoms with Gasteiger partial charge in [-0.05, 0) is 12.0 Å². The molecule has 1 aromatic rings. The van der Waals surface area contributed by atoms with Crippen molar-refractivity contribution in [2.24, 2.45) is 5.92 Å². The van der Waals surface area contributed by atoms with Gasteiger partial charge in [-0.3, -0.25) is 4.79 Å². The van der Waals surface area contributed by atoms with Crippen LogP contribution in [0.1, 0.15) is 32.3 Å². The van der Waals surface area contributed by atoms with E-state index in [1.165, 1.54) is 6.07 Å². The number of halogens is 3. The standard InChI is InChI=1S/C17H22F3N3O4/c1-10(2)14(22-16(25)26)15(24)23-7-5-12(6-8-23)27-13-4-3-11(9-21-13)17(18,19)20/h3-4,9-10,12,14,22H,5-8H2,1-2H3,(H,25,26)/t14-/m0/s1. The van der Waals surface area contributed by atoms with Crippen LogP contribution in [0.4, 0.5) is 18.0 Å². The van der Waals surface area contributed by atoms with Crippen molar-refractivity contribution in [3.05, 3.63) is 23.9 Å². The zero-order valence-corrected chi connectivity index (χ0v) is 15.0. The summed E-state index contributed by atoms with van der Waals surface area (Å²) in [5.74, 6) is -0.391. The summed E-state index contributed by atoms with van der Waals surface area (Å²) in [5.41, 5.74) is -0.846. The number of carbonyl (C=O) groups excluding carboxylic acids is 1. The average Bonchev–Trinajstić information content (AvgIpc) is 2.59. The fraction of sp³-hybridized carbons (Fsp3) is 0.588. The lowest BCUT2D eigenvalue weighted by Gasteiger charge is -2.35. The molecule has 0 unspecified atom stereocenters. The Balaban J connectivity index is 1.89. The number of piperidine rings is 1. The topological polar surface area (TPSA) is 91.8 Å². The lowest BCUT2D eigenvalue weighted by atomic mass is 10.0. The number of pyridine rings is 1. The molecule has 0 aromatic carbocycles. The molecular weight excluding hydrogens is 367 g/mol. The molecule has 2 amide bonds. The van der Waals surface area contributed by atoms with Crippen molar-refractivity contribution in [3.8, 4) is 5.88 Å². The molecule has 1 aliphatic heterocycles. The molecule has 1 fully saturated rings. The van der Waals surface area contributed by atoms with Gasteiger partial charge in [0.05, 0.1) is 5.56 Å². The molecule has 150 valence electrons. The summed E-state index contributed by atoms with van der Waals surface area (Å²) < 4.78 is 43.2. The minimum absolute atomic E-state index is 0.0976. The first-order chi connectivity index (χ1) is 12.6. The summed E-state index contributed by atoms with van der Waals surface area (Å²) in [6, 6.07) is 1.26. The number of hydrogen-bond donors (Lipinski definition) is 2. The summed E-state index contributed by atoms with van der Waals surface area (Å²) in [7, 11) is 0. The second-order valence-electron chi connectivity index (χ2n) is 6.70. The van der Waals surface area contributed by atoms with Crippen molar-refractivity contribution in [2.45, 2.75) is 45.0 Å². The molecule has 10 heteroatoms. The molecule has 0 aliphatic carbocycles. The van der Waals surface area contributed by atoms with Crippen LogP contribution in [0.15, 0.2) is 18.3 Å². The van der Waals surface area contributed by atoms with Crippen LogP contribution in [-0.4, -0.2) is 52.2 Å². The van der Waals surface area contributed by atoms with Gasteiger partial charge in [-0.25, -0.2) is 9.78 Å². The number of aromatic nitrogens is 1. The summed E-state index contributed by atoms with van der Waals surface area (Å²) in [6.07, 6.45) is -4.30. The molecule has 7 nitrogen and oxygen atoms in total. The summed E-state index contributed by atoms with van der Waals surface area (Å²) in [4.78, 5) is 28.6. The quantitative estimate of drug-likeness (QED) is 0.808. The number of carboxylic acid groups (broad SMARTS) is 1. The second-order valence-corrected chi connectivity index (χ2v) is 6.70. The average molecular weight is 389 g/mol. The summed E-state index contributed by atoms with van der Waals surface area (Å²) >= 11 is 0. The number of nitrogens with zero attached hydrogens (tertiary/aromatic N) is 2. The number of amides is 2. The van der Waals surface area contributed by atoms with Crippen LogP contribution in [0.5, 0.6) is 5.88 Å². The van der Waals surface area contributed by atoms with E-state index >= 15 is 0 Å². The van der Waals surface area contributed by atoms with Gasteiger partial charge in [0.25, 0.3) is 0 Å². The number of ether oxygens (including phenoxy) is 1. The molecule has 1 aliphatic rings. The van der Waals surface area contributed by atoms with Crippen molar-refractivity contribution in [2.75, 3.05) is 13.1 Å². The maximum absolute atomic E-state index is 12.5. The third-order valence-corrected chi connectivity index (χ3v) is 4.32. The van der Waals surface area contributed by atoms with Gasteiger partial charge in [-0.2, -0.15) is 13.2 Å². The van der Waals surface area contributed by atoms with E-state index in [1.54, 1.807) is 18.7 Å². The Kier molecular flexibility index (Phi) is 6.50. The Morgan fingerprint density at radius 1 is 1.30 bits per heavy atom. The molecule has 2 N–H and O–H groups in total. The van der Waals surface area contributed by atoms with E-state index in [-0.39, 0.29) is 23.8 Å². The molecule has 1 aromatic heterocycles. The lowest BCUT2D eigenvalue weighted by Crippen LogP contribution is -2.53. The molecule has 2 heterocycles. The molecule has 0 spiro atoms. The van der Waals surface area contributed by atoms with Crippen LogP contribution >= 0.6 is 0 Å². The van der Waals surface area contributed by atoms with E-state index in [2.05, 4.69) is 10.3 Å². The molecule has 0 radical (unpaired) electrons. The lowest BCUT2D eigenvalue weighted by molar-refractivity contribution is -0.138. The SMILES string of the molecule is CC(C)[C@H](NC(=O)O)C(=O)N1CCC(Oc2ccc(C(F)(F)F)cn2)CC1. The van der Waals surface area contributed by atoms with E-state index in [0.717, 1.165) is 12.3 Å². The predicted molar refractivity (Wildman–Crippen MR) is 89.3 cm³/mol. The van der Waals surface area contributed by atoms with E-state index in [9.17, 15) is 22.8 Å². The second kappa shape index (κ2) is 8.45. The molecule has 0 saturated carbocycles. The van der Waals surface area contributed by atoms with E-state index in [4.69, 9.17) is 9.84 Å². The zero-order chi connectivity index (χ0) is 20.2. The molecule has 1 saturated heterocycles. The van der Waals surface area contributed by atoms with Crippen LogP contribution < -0.4 is 10.1 Å². The van der Waals surface area contributed by atoms with Gasteiger partial charge in [-0.15, -0.1) is 0 Å². The maximum atomic E-state index is 12.5. The van der Waals surface area contributed by atoms with Crippen molar-refractivity contribution in [1.29, 1.82) is 0 Å². The van der Waals surface area contributed by atoms with Gasteiger partial charge in [0.2, 0.25) is 11.8 Å². The van der Waals surface area contributed by atoms with Crippen LogP contribution in [0.25, 0.3) is 0 Å². The molecule has 1 atom stereocenters. The molecule has 27 heavy (non-hydrogen) atoms. The Morgan fingerprint density at radius 3 is 2.37 bits per heavy atom. The fourth-order valence-electron chi connectivity index (χ4n) is 2.83. The van der Waals surface area contributed by atoms with E-state index in [1.807, 2.05) is 0 Å². The van der Waals surface area contributed by atoms with Crippen LogP contribution in [0, 0.1) is 5.92 Å². The Labute approximate surface area is 154 Å². The molecule has 0 bridgehead atoms. The third-order valence-electron chi connectivity index (χ3n) is 4.32. The number of rotatable bonds is 5. The largest absolute Gasteiger partial charge is 0.474 e. The zero-order valence-electron chi connectivity index (χ0n) is 15.0. The fourth-order valence-corrected chi connectivity index (χ4v) is 2.83. The van der Waals surface area contributed by atoms with E-state index in [0.29, 0.717) is 25.9 Å². The highest BCUT2D eigenvalue weighted by molar-refractivity contribution is 5.85. The van der Waals surface area contributed by atoms with Gasteiger partial charge < -0.3 is 20.1 Å². The van der Waals surface area contributed by atoms with Crippen molar-refractivity contribution in [1.82, 2.24) is 15.2 Å². The third kappa shape index (κ3) is 5.73. The normalized spacial score (nSPS) is 16.9. The Hall–Kier alpha value is -2.52. The monoisotopic (exact) mass is 389 g/mol. The molecule has 2 rings (SSSR count). The number of nitrogens with one attached hydrogen (secondary N) is 1. The Bertz CT molecular complexity index is 656. The molecular formula is C17H22F3N3O4. The van der Waals surface area contributed by atoms with Gasteiger partial charge in [0.1, 0.15) is 12.1 Å². The van der Waals surface area contributed by atoms with Gasteiger partial charge in [-0.1, -0.05) is 13.8 Å². The van der Waals surface area contributed by atoms with Gasteiger partial charge >= 0.3 is 12.3 Å². The smallest absolute Gasteiger partial charge is 0.417 e. The van der Waals surface area contributed by atoms with E-state index < -0.39 is 23.9 Å². The van der Waals surface area contributed by atoms with Crippen molar-refractivity contribution >= 4 is 12.0 Å². The van der Waals surface area contributed by atoms with Crippen molar-refractivity contribution < 1.29 is 32.6 Å².